The first-order chi connectivity index (χ1) is 14.3. The first kappa shape index (κ1) is 20.9. The molecule has 1 saturated heterocycles. The molecule has 0 radical (unpaired) electrons. The standard InChI is InChI=1S/C23H29N3O3S/c1-23(2)17-26(16-22(27)25-12-6-7-13-25)21-11-10-19(14-20(21)23)30(28,29)24-15-18-8-4-3-5-9-18/h3-5,8-11,14,24H,6-7,12-13,15-17H2,1-2H3. The van der Waals surface area contributed by atoms with Gasteiger partial charge in [-0.3, -0.25) is 4.79 Å². The van der Waals surface area contributed by atoms with E-state index < -0.39 is 10.0 Å². The molecule has 0 bridgehead atoms. The predicted octanol–water partition coefficient (Wildman–Crippen LogP) is 2.89. The average molecular weight is 428 g/mol. The maximum Gasteiger partial charge on any atom is 0.242 e. The predicted molar refractivity (Wildman–Crippen MR) is 118 cm³/mol. The molecule has 2 aliphatic rings. The SMILES string of the molecule is CC1(C)CN(CC(=O)N2CCCC2)c2ccc(S(=O)(=O)NCc3ccccc3)cc21. The number of likely N-dealkylation sites (tertiary alicyclic amines) is 1. The Bertz CT molecular complexity index is 1030. The minimum Gasteiger partial charge on any atom is -0.361 e. The van der Waals surface area contributed by atoms with Crippen molar-refractivity contribution in [3.05, 3.63) is 59.7 Å². The molecule has 0 spiro atoms. The van der Waals surface area contributed by atoms with Crippen molar-refractivity contribution >= 4 is 21.6 Å². The molecule has 7 heteroatoms. The lowest BCUT2D eigenvalue weighted by Crippen LogP contribution is -2.40. The molecule has 0 unspecified atom stereocenters. The van der Waals surface area contributed by atoms with Crippen molar-refractivity contribution in [2.24, 2.45) is 0 Å². The molecule has 30 heavy (non-hydrogen) atoms. The summed E-state index contributed by atoms with van der Waals surface area (Å²) in [6, 6.07) is 14.7. The number of fused-ring (bicyclic) bond motifs is 1. The van der Waals surface area contributed by atoms with Crippen LogP contribution in [-0.2, 0) is 26.8 Å². The molecule has 1 fully saturated rings. The minimum atomic E-state index is -3.63. The molecule has 1 N–H and O–H groups in total. The fourth-order valence-electron chi connectivity index (χ4n) is 4.38. The Hall–Kier alpha value is -2.38. The Morgan fingerprint density at radius 2 is 1.77 bits per heavy atom. The van der Waals surface area contributed by atoms with Crippen molar-refractivity contribution in [3.63, 3.8) is 0 Å². The third-order valence-electron chi connectivity index (χ3n) is 6.03. The highest BCUT2D eigenvalue weighted by molar-refractivity contribution is 7.89. The quantitative estimate of drug-likeness (QED) is 0.770. The number of hydrogen-bond acceptors (Lipinski definition) is 4. The number of nitrogens with one attached hydrogen (secondary N) is 1. The van der Waals surface area contributed by atoms with Crippen LogP contribution in [0, 0.1) is 0 Å². The number of rotatable bonds is 6. The zero-order valence-electron chi connectivity index (χ0n) is 17.6. The summed E-state index contributed by atoms with van der Waals surface area (Å²) < 4.78 is 28.4. The van der Waals surface area contributed by atoms with Crippen LogP contribution in [0.25, 0.3) is 0 Å². The maximum atomic E-state index is 12.9. The number of anilines is 1. The fraction of sp³-hybridized carbons (Fsp3) is 0.435. The van der Waals surface area contributed by atoms with Gasteiger partial charge in [0.2, 0.25) is 15.9 Å². The van der Waals surface area contributed by atoms with E-state index in [1.54, 1.807) is 12.1 Å². The smallest absolute Gasteiger partial charge is 0.242 e. The van der Waals surface area contributed by atoms with Gasteiger partial charge in [0.25, 0.3) is 0 Å². The minimum absolute atomic E-state index is 0.150. The monoisotopic (exact) mass is 427 g/mol. The lowest BCUT2D eigenvalue weighted by atomic mass is 9.87. The van der Waals surface area contributed by atoms with E-state index in [9.17, 15) is 13.2 Å². The summed E-state index contributed by atoms with van der Waals surface area (Å²) >= 11 is 0. The molecule has 4 rings (SSSR count). The van der Waals surface area contributed by atoms with Gasteiger partial charge >= 0.3 is 0 Å². The molecule has 2 aromatic carbocycles. The van der Waals surface area contributed by atoms with E-state index in [0.717, 1.165) is 42.7 Å². The first-order valence-corrected chi connectivity index (χ1v) is 12.0. The van der Waals surface area contributed by atoms with Crippen LogP contribution in [0.1, 0.15) is 37.8 Å². The van der Waals surface area contributed by atoms with Crippen molar-refractivity contribution in [3.8, 4) is 0 Å². The summed E-state index contributed by atoms with van der Waals surface area (Å²) in [7, 11) is -3.63. The second kappa shape index (κ2) is 8.04. The van der Waals surface area contributed by atoms with Gasteiger partial charge in [0.1, 0.15) is 0 Å². The zero-order chi connectivity index (χ0) is 21.4. The van der Waals surface area contributed by atoms with Crippen LogP contribution in [0.5, 0.6) is 0 Å². The Kier molecular flexibility index (Phi) is 5.59. The van der Waals surface area contributed by atoms with Gasteiger partial charge in [-0.25, -0.2) is 13.1 Å². The van der Waals surface area contributed by atoms with Crippen molar-refractivity contribution in [1.29, 1.82) is 0 Å². The summed E-state index contributed by atoms with van der Waals surface area (Å²) in [4.78, 5) is 16.9. The molecule has 0 aliphatic carbocycles. The van der Waals surface area contributed by atoms with Gasteiger partial charge in [0.15, 0.2) is 0 Å². The maximum absolute atomic E-state index is 12.9. The van der Waals surface area contributed by atoms with Crippen LogP contribution in [0.2, 0.25) is 0 Å². The van der Waals surface area contributed by atoms with E-state index in [0.29, 0.717) is 13.1 Å². The van der Waals surface area contributed by atoms with Gasteiger partial charge in [-0.2, -0.15) is 0 Å². The second-order valence-electron chi connectivity index (χ2n) is 8.82. The zero-order valence-corrected chi connectivity index (χ0v) is 18.4. The molecule has 2 heterocycles. The number of hydrogen-bond donors (Lipinski definition) is 1. The highest BCUT2D eigenvalue weighted by atomic mass is 32.2. The molecule has 160 valence electrons. The largest absolute Gasteiger partial charge is 0.361 e. The topological polar surface area (TPSA) is 69.7 Å². The molecular weight excluding hydrogens is 398 g/mol. The summed E-state index contributed by atoms with van der Waals surface area (Å²) in [5, 5.41) is 0. The Balaban J connectivity index is 1.53. The second-order valence-corrected chi connectivity index (χ2v) is 10.6. The fourth-order valence-corrected chi connectivity index (χ4v) is 5.42. The third-order valence-corrected chi connectivity index (χ3v) is 7.43. The number of carbonyl (C=O) groups is 1. The van der Waals surface area contributed by atoms with Gasteiger partial charge in [-0.15, -0.1) is 0 Å². The Labute approximate surface area is 178 Å². The summed E-state index contributed by atoms with van der Waals surface area (Å²) in [5.74, 6) is 0.150. The molecule has 0 saturated carbocycles. The number of sulfonamides is 1. The van der Waals surface area contributed by atoms with E-state index in [1.165, 1.54) is 0 Å². The van der Waals surface area contributed by atoms with Crippen LogP contribution in [0.4, 0.5) is 5.69 Å². The summed E-state index contributed by atoms with van der Waals surface area (Å²) in [6.07, 6.45) is 2.15. The summed E-state index contributed by atoms with van der Waals surface area (Å²) in [5.41, 5.74) is 2.61. The van der Waals surface area contributed by atoms with Gasteiger partial charge in [0.05, 0.1) is 11.4 Å². The van der Waals surface area contributed by atoms with E-state index in [1.807, 2.05) is 41.3 Å². The van der Waals surface area contributed by atoms with Gasteiger partial charge in [-0.05, 0) is 42.2 Å². The van der Waals surface area contributed by atoms with Crippen LogP contribution in [-0.4, -0.2) is 45.4 Å². The molecule has 0 atom stereocenters. The molecule has 6 nitrogen and oxygen atoms in total. The Morgan fingerprint density at radius 1 is 1.07 bits per heavy atom. The highest BCUT2D eigenvalue weighted by Crippen LogP contribution is 2.41. The van der Waals surface area contributed by atoms with E-state index >= 15 is 0 Å². The van der Waals surface area contributed by atoms with Crippen molar-refractivity contribution < 1.29 is 13.2 Å². The lowest BCUT2D eigenvalue weighted by Gasteiger charge is -2.24. The normalized spacial score (nSPS) is 17.9. The number of nitrogens with zero attached hydrogens (tertiary/aromatic N) is 2. The van der Waals surface area contributed by atoms with Crippen molar-refractivity contribution in [2.75, 3.05) is 31.1 Å². The van der Waals surface area contributed by atoms with Crippen LogP contribution >= 0.6 is 0 Å². The van der Waals surface area contributed by atoms with E-state index in [4.69, 9.17) is 0 Å². The van der Waals surface area contributed by atoms with E-state index in [-0.39, 0.29) is 22.8 Å². The molecule has 0 aromatic heterocycles. The third kappa shape index (κ3) is 4.23. The molecular formula is C23H29N3O3S. The van der Waals surface area contributed by atoms with Crippen LogP contribution < -0.4 is 9.62 Å². The molecule has 1 amide bonds. The van der Waals surface area contributed by atoms with Crippen LogP contribution in [0.15, 0.2) is 53.4 Å². The Morgan fingerprint density at radius 3 is 2.47 bits per heavy atom. The van der Waals surface area contributed by atoms with Crippen molar-refractivity contribution in [1.82, 2.24) is 9.62 Å². The number of amides is 1. The number of carbonyl (C=O) groups excluding carboxylic acids is 1. The molecule has 2 aromatic rings. The van der Waals surface area contributed by atoms with E-state index in [2.05, 4.69) is 23.5 Å². The summed E-state index contributed by atoms with van der Waals surface area (Å²) in [6.45, 7) is 7.16. The average Bonchev–Trinajstić information content (AvgIpc) is 3.34. The van der Waals surface area contributed by atoms with Gasteiger partial charge < -0.3 is 9.80 Å². The lowest BCUT2D eigenvalue weighted by molar-refractivity contribution is -0.128. The highest BCUT2D eigenvalue weighted by Gasteiger charge is 2.37. The number of benzene rings is 2. The molecule has 2 aliphatic heterocycles. The van der Waals surface area contributed by atoms with Gasteiger partial charge in [-0.1, -0.05) is 44.2 Å². The van der Waals surface area contributed by atoms with Crippen LogP contribution in [0.3, 0.4) is 0 Å². The van der Waals surface area contributed by atoms with Gasteiger partial charge in [0, 0.05) is 37.3 Å². The van der Waals surface area contributed by atoms with Crippen molar-refractivity contribution in [2.45, 2.75) is 43.5 Å². The first-order valence-electron chi connectivity index (χ1n) is 10.5.